The zero-order chi connectivity index (χ0) is 25.1. The number of hydrogen-bond donors (Lipinski definition) is 0. The molecule has 0 saturated carbocycles. The Balaban J connectivity index is 1.91. The average molecular weight is 510 g/mol. The molecule has 2 heterocycles. The molecule has 0 aliphatic carbocycles. The lowest BCUT2D eigenvalue weighted by Gasteiger charge is -2.12. The lowest BCUT2D eigenvalue weighted by atomic mass is 10.0. The van der Waals surface area contributed by atoms with Gasteiger partial charge < -0.3 is 4.57 Å². The monoisotopic (exact) mass is 509 g/mol. The van der Waals surface area contributed by atoms with Crippen LogP contribution in [0.25, 0.3) is 21.7 Å². The molecule has 0 amide bonds. The molecule has 0 aliphatic heterocycles. The smallest absolute Gasteiger partial charge is 0.209 e. The van der Waals surface area contributed by atoms with Crippen LogP contribution >= 0.6 is 11.3 Å². The predicted molar refractivity (Wildman–Crippen MR) is 149 cm³/mol. The maximum absolute atomic E-state index is 14.4. The quantitative estimate of drug-likeness (QED) is 0.200. The van der Waals surface area contributed by atoms with E-state index in [-0.39, 0.29) is 0 Å². The highest BCUT2D eigenvalue weighted by molar-refractivity contribution is 7.91. The van der Waals surface area contributed by atoms with Crippen LogP contribution in [0.2, 0.25) is 0 Å². The largest absolute Gasteiger partial charge is 0.338 e. The van der Waals surface area contributed by atoms with Crippen molar-refractivity contribution in [2.45, 2.75) is 29.7 Å². The molecule has 5 rings (SSSR count). The Morgan fingerprint density at radius 3 is 2.14 bits per heavy atom. The molecule has 0 bridgehead atoms. The van der Waals surface area contributed by atoms with Gasteiger partial charge in [0.25, 0.3) is 0 Å². The summed E-state index contributed by atoms with van der Waals surface area (Å²) in [6.45, 7) is 6.46. The van der Waals surface area contributed by atoms with Crippen molar-refractivity contribution >= 4 is 21.2 Å². The van der Waals surface area contributed by atoms with Crippen molar-refractivity contribution in [3.8, 4) is 21.7 Å². The number of sulfone groups is 1. The van der Waals surface area contributed by atoms with E-state index in [9.17, 15) is 8.42 Å². The van der Waals surface area contributed by atoms with Crippen LogP contribution in [0.4, 0.5) is 0 Å². The Bertz CT molecular complexity index is 1580. The van der Waals surface area contributed by atoms with Gasteiger partial charge in [-0.25, -0.2) is 8.42 Å². The van der Waals surface area contributed by atoms with Crippen LogP contribution < -0.4 is 0 Å². The summed E-state index contributed by atoms with van der Waals surface area (Å²) >= 11 is 1.55. The molecule has 0 N–H and O–H groups in total. The van der Waals surface area contributed by atoms with E-state index in [2.05, 4.69) is 23.3 Å². The van der Waals surface area contributed by atoms with Crippen molar-refractivity contribution in [1.29, 1.82) is 0 Å². The molecule has 3 aromatic carbocycles. The van der Waals surface area contributed by atoms with Crippen LogP contribution in [0.3, 0.4) is 0 Å². The summed E-state index contributed by atoms with van der Waals surface area (Å²) in [7, 11) is -3.85. The Hall–Kier alpha value is -3.67. The Kier molecular flexibility index (Phi) is 6.77. The highest BCUT2D eigenvalue weighted by Gasteiger charge is 2.34. The minimum Gasteiger partial charge on any atom is -0.338 e. The third-order valence-electron chi connectivity index (χ3n) is 6.27. The standard InChI is InChI=1S/C31H27NO2S2/c1-3-20-32-27(22-24-11-6-4-7-12-24)29(25-13-8-5-9-14-25)31(30(32)28-15-10-21-35-28)36(33,34)26-18-16-23(2)17-19-26/h3-19,21H,1,20,22H2,2H3. The van der Waals surface area contributed by atoms with Gasteiger partial charge in [0.2, 0.25) is 9.84 Å². The molecular weight excluding hydrogens is 482 g/mol. The molecule has 0 atom stereocenters. The number of aromatic nitrogens is 1. The van der Waals surface area contributed by atoms with E-state index in [4.69, 9.17) is 0 Å². The minimum absolute atomic E-state index is 0.296. The summed E-state index contributed by atoms with van der Waals surface area (Å²) in [6, 6.07) is 31.1. The van der Waals surface area contributed by atoms with Crippen LogP contribution in [0.5, 0.6) is 0 Å². The van der Waals surface area contributed by atoms with E-state index in [0.717, 1.165) is 38.5 Å². The van der Waals surface area contributed by atoms with Gasteiger partial charge in [-0.15, -0.1) is 17.9 Å². The fourth-order valence-electron chi connectivity index (χ4n) is 4.60. The third-order valence-corrected chi connectivity index (χ3v) is 8.97. The topological polar surface area (TPSA) is 39.1 Å². The van der Waals surface area contributed by atoms with Gasteiger partial charge in [0.15, 0.2) is 0 Å². The summed E-state index contributed by atoms with van der Waals surface area (Å²) in [5, 5.41) is 1.99. The zero-order valence-corrected chi connectivity index (χ0v) is 21.7. The van der Waals surface area contributed by atoms with Crippen molar-refractivity contribution < 1.29 is 8.42 Å². The lowest BCUT2D eigenvalue weighted by Crippen LogP contribution is -2.06. The number of allylic oxidation sites excluding steroid dienone is 1. The molecule has 2 aromatic heterocycles. The SMILES string of the molecule is C=CCn1c(Cc2ccccc2)c(-c2ccccc2)c(S(=O)(=O)c2ccc(C)cc2)c1-c1cccs1. The van der Waals surface area contributed by atoms with Crippen molar-refractivity contribution in [1.82, 2.24) is 4.57 Å². The molecule has 180 valence electrons. The van der Waals surface area contributed by atoms with E-state index in [1.54, 1.807) is 23.5 Å². The molecule has 0 unspecified atom stereocenters. The number of benzene rings is 3. The fraction of sp³-hybridized carbons (Fsp3) is 0.0968. The molecule has 5 aromatic rings. The van der Waals surface area contributed by atoms with E-state index in [1.807, 2.05) is 91.2 Å². The second-order valence-corrected chi connectivity index (χ2v) is 11.6. The van der Waals surface area contributed by atoms with E-state index < -0.39 is 9.84 Å². The first kappa shape index (κ1) is 24.0. The second kappa shape index (κ2) is 10.1. The molecule has 0 aliphatic rings. The van der Waals surface area contributed by atoms with Crippen molar-refractivity contribution in [2.75, 3.05) is 0 Å². The first-order valence-corrected chi connectivity index (χ1v) is 14.2. The number of thiophene rings is 1. The van der Waals surface area contributed by atoms with E-state index >= 15 is 0 Å². The van der Waals surface area contributed by atoms with Gasteiger partial charge in [0, 0.05) is 24.2 Å². The third kappa shape index (κ3) is 4.48. The molecule has 36 heavy (non-hydrogen) atoms. The Labute approximate surface area is 216 Å². The van der Waals surface area contributed by atoms with Crippen LogP contribution in [0, 0.1) is 6.92 Å². The van der Waals surface area contributed by atoms with Crippen LogP contribution in [0.1, 0.15) is 16.8 Å². The normalized spacial score (nSPS) is 11.5. The van der Waals surface area contributed by atoms with Gasteiger partial charge in [-0.3, -0.25) is 0 Å². The lowest BCUT2D eigenvalue weighted by molar-refractivity contribution is 0.596. The highest BCUT2D eigenvalue weighted by atomic mass is 32.2. The molecule has 3 nitrogen and oxygen atoms in total. The Morgan fingerprint density at radius 1 is 0.861 bits per heavy atom. The highest BCUT2D eigenvalue weighted by Crippen LogP contribution is 2.45. The fourth-order valence-corrected chi connectivity index (χ4v) is 7.16. The first-order valence-electron chi connectivity index (χ1n) is 11.8. The van der Waals surface area contributed by atoms with Crippen molar-refractivity contribution in [3.63, 3.8) is 0 Å². The number of rotatable bonds is 8. The number of aryl methyl sites for hydroxylation is 1. The molecule has 0 spiro atoms. The molecule has 0 saturated heterocycles. The van der Waals surface area contributed by atoms with Crippen molar-refractivity contribution in [2.24, 2.45) is 0 Å². The molecule has 5 heteroatoms. The summed E-state index contributed by atoms with van der Waals surface area (Å²) < 4.78 is 31.0. The van der Waals surface area contributed by atoms with Gasteiger partial charge in [-0.2, -0.15) is 0 Å². The predicted octanol–water partition coefficient (Wildman–Crippen LogP) is 7.80. The van der Waals surface area contributed by atoms with Crippen LogP contribution in [-0.2, 0) is 22.8 Å². The minimum atomic E-state index is -3.85. The van der Waals surface area contributed by atoms with E-state index in [0.29, 0.717) is 22.8 Å². The summed E-state index contributed by atoms with van der Waals surface area (Å²) in [5.41, 5.74) is 5.45. The van der Waals surface area contributed by atoms with Gasteiger partial charge in [-0.1, -0.05) is 90.5 Å². The van der Waals surface area contributed by atoms with Crippen LogP contribution in [0.15, 0.2) is 125 Å². The van der Waals surface area contributed by atoms with Crippen LogP contribution in [-0.4, -0.2) is 13.0 Å². The zero-order valence-electron chi connectivity index (χ0n) is 20.1. The maximum atomic E-state index is 14.4. The number of nitrogens with zero attached hydrogens (tertiary/aromatic N) is 1. The first-order chi connectivity index (χ1) is 17.5. The summed E-state index contributed by atoms with van der Waals surface area (Å²) in [4.78, 5) is 1.57. The molecule has 0 fully saturated rings. The van der Waals surface area contributed by atoms with Gasteiger partial charge in [0.05, 0.1) is 15.5 Å². The number of hydrogen-bond acceptors (Lipinski definition) is 3. The van der Waals surface area contributed by atoms with Crippen molar-refractivity contribution in [3.05, 3.63) is 132 Å². The molecular formula is C31H27NO2S2. The van der Waals surface area contributed by atoms with E-state index in [1.165, 1.54) is 0 Å². The average Bonchev–Trinajstić information content (AvgIpc) is 3.53. The Morgan fingerprint density at radius 2 is 1.53 bits per heavy atom. The van der Waals surface area contributed by atoms with Gasteiger partial charge in [-0.05, 0) is 41.6 Å². The summed E-state index contributed by atoms with van der Waals surface area (Å²) in [5.74, 6) is 0. The van der Waals surface area contributed by atoms with Gasteiger partial charge >= 0.3 is 0 Å². The second-order valence-electron chi connectivity index (χ2n) is 8.72. The maximum Gasteiger partial charge on any atom is 0.209 e. The molecule has 0 radical (unpaired) electrons. The van der Waals surface area contributed by atoms with Gasteiger partial charge in [0.1, 0.15) is 4.90 Å². The summed E-state index contributed by atoms with van der Waals surface area (Å²) in [6.07, 6.45) is 2.43.